The molecule has 0 spiro atoms. The quantitative estimate of drug-likeness (QED) is 0.0161. The Morgan fingerprint density at radius 1 is 0.522 bits per heavy atom. The Labute approximate surface area is 427 Å². The van der Waals surface area contributed by atoms with Crippen molar-refractivity contribution in [2.24, 2.45) is 0 Å². The fourth-order valence-corrected chi connectivity index (χ4v) is 9.07. The molecule has 1 amide bonds. The van der Waals surface area contributed by atoms with E-state index in [1.807, 2.05) is 33.3 Å². The zero-order valence-corrected chi connectivity index (χ0v) is 46.9. The van der Waals surface area contributed by atoms with Crippen LogP contribution in [0.15, 0.2) is 48.6 Å². The van der Waals surface area contributed by atoms with E-state index < -0.39 is 20.0 Å². The minimum Gasteiger partial charge on any atom is -0.756 e. The average molecular weight is 992 g/mol. The zero-order chi connectivity index (χ0) is 50.8. The molecule has 0 aliphatic rings. The van der Waals surface area contributed by atoms with Gasteiger partial charge >= 0.3 is 5.97 Å². The lowest BCUT2D eigenvalue weighted by atomic mass is 10.0. The Morgan fingerprint density at radius 2 is 0.928 bits per heavy atom. The standard InChI is InChI=1S/C59H111N2O7P/c1-7-10-13-16-19-22-25-28-30-33-36-39-42-45-48-51-58(62)60-56(55-67-69(64,65)66-54-53-61(4,5)6)57(50-47-44-41-38-35-32-27-24-21-18-15-12-9-3)68-59(63)52-49-46-43-40-37-34-31-29-26-23-20-17-14-11-8-2/h11,14,17,20,23,26,47,50,56-57H,7-10,12-13,15-16,18-19,21-22,24-25,27-46,48-49,51-55H2,1-6H3,(H-,60,62,64,65)/b14-11+,20-17+,26-23+,50-47+. The second kappa shape index (κ2) is 49.5. The van der Waals surface area contributed by atoms with Gasteiger partial charge in [0, 0.05) is 12.8 Å². The topological polar surface area (TPSA) is 114 Å². The van der Waals surface area contributed by atoms with Gasteiger partial charge in [0.05, 0.1) is 33.8 Å². The second-order valence-corrected chi connectivity index (χ2v) is 22.2. The number of nitrogens with zero attached hydrogens (tertiary/aromatic N) is 1. The highest BCUT2D eigenvalue weighted by Crippen LogP contribution is 2.38. The van der Waals surface area contributed by atoms with Crippen LogP contribution in [0.5, 0.6) is 0 Å². The van der Waals surface area contributed by atoms with Crippen LogP contribution < -0.4 is 10.2 Å². The number of phosphoric ester groups is 1. The Morgan fingerprint density at radius 3 is 1.38 bits per heavy atom. The molecular formula is C59H111N2O7P. The molecule has 9 nitrogen and oxygen atoms in total. The van der Waals surface area contributed by atoms with Crippen molar-refractivity contribution in [2.45, 2.75) is 277 Å². The molecule has 0 aliphatic heterocycles. The van der Waals surface area contributed by atoms with Crippen LogP contribution >= 0.6 is 7.82 Å². The number of carbonyl (C=O) groups excluding carboxylic acids is 2. The van der Waals surface area contributed by atoms with Crippen molar-refractivity contribution >= 4 is 19.7 Å². The van der Waals surface area contributed by atoms with Crippen LogP contribution in [0.4, 0.5) is 0 Å². The zero-order valence-electron chi connectivity index (χ0n) is 46.0. The number of nitrogens with one attached hydrogen (secondary N) is 1. The first-order valence-electron chi connectivity index (χ1n) is 29.0. The molecule has 10 heteroatoms. The van der Waals surface area contributed by atoms with Gasteiger partial charge in [-0.25, -0.2) is 0 Å². The summed E-state index contributed by atoms with van der Waals surface area (Å²) in [6, 6.07) is -0.889. The maximum Gasteiger partial charge on any atom is 0.306 e. The summed E-state index contributed by atoms with van der Waals surface area (Å²) in [6.45, 7) is 6.72. The fourth-order valence-electron chi connectivity index (χ4n) is 8.35. The summed E-state index contributed by atoms with van der Waals surface area (Å²) in [7, 11) is 1.18. The Hall–Kier alpha value is -2.03. The van der Waals surface area contributed by atoms with Gasteiger partial charge in [0.1, 0.15) is 19.3 Å². The first-order chi connectivity index (χ1) is 33.4. The predicted molar refractivity (Wildman–Crippen MR) is 293 cm³/mol. The van der Waals surface area contributed by atoms with Crippen LogP contribution in [0, 0.1) is 0 Å². The number of unbranched alkanes of at least 4 members (excludes halogenated alkanes) is 32. The third kappa shape index (κ3) is 50.7. The first kappa shape index (κ1) is 67.0. The van der Waals surface area contributed by atoms with Gasteiger partial charge in [0.15, 0.2) is 0 Å². The Kier molecular flexibility index (Phi) is 48.1. The van der Waals surface area contributed by atoms with E-state index in [1.165, 1.54) is 154 Å². The van der Waals surface area contributed by atoms with Crippen LogP contribution in [0.3, 0.4) is 0 Å². The van der Waals surface area contributed by atoms with E-state index in [1.54, 1.807) is 0 Å². The summed E-state index contributed by atoms with van der Waals surface area (Å²) in [5, 5.41) is 3.02. The molecule has 3 unspecified atom stereocenters. The maximum absolute atomic E-state index is 13.5. The molecule has 0 aromatic rings. The lowest BCUT2D eigenvalue weighted by Gasteiger charge is -2.30. The molecule has 0 saturated carbocycles. The van der Waals surface area contributed by atoms with E-state index in [4.69, 9.17) is 13.8 Å². The summed E-state index contributed by atoms with van der Waals surface area (Å²) in [5.41, 5.74) is 0. The van der Waals surface area contributed by atoms with E-state index in [2.05, 4.69) is 62.5 Å². The van der Waals surface area contributed by atoms with E-state index >= 15 is 0 Å². The molecule has 1 N–H and O–H groups in total. The highest BCUT2D eigenvalue weighted by Gasteiger charge is 2.27. The number of rotatable bonds is 52. The van der Waals surface area contributed by atoms with E-state index in [9.17, 15) is 19.0 Å². The summed E-state index contributed by atoms with van der Waals surface area (Å²) < 4.78 is 30.2. The molecule has 0 rings (SSSR count). The third-order valence-corrected chi connectivity index (χ3v) is 13.8. The van der Waals surface area contributed by atoms with Crippen LogP contribution in [0.1, 0.15) is 265 Å². The summed E-state index contributed by atoms with van der Waals surface area (Å²) >= 11 is 0. The number of carbonyl (C=O) groups is 2. The van der Waals surface area contributed by atoms with Crippen LogP contribution in [-0.2, 0) is 27.9 Å². The normalized spacial score (nSPS) is 14.1. The number of hydrogen-bond acceptors (Lipinski definition) is 7. The minimum absolute atomic E-state index is 0.0235. The number of hydrogen-bond donors (Lipinski definition) is 1. The highest BCUT2D eigenvalue weighted by atomic mass is 31.2. The van der Waals surface area contributed by atoms with Crippen LogP contribution in [-0.4, -0.2) is 69.4 Å². The van der Waals surface area contributed by atoms with E-state index in [0.717, 1.165) is 77.0 Å². The lowest BCUT2D eigenvalue weighted by Crippen LogP contribution is -2.47. The summed E-state index contributed by atoms with van der Waals surface area (Å²) in [4.78, 5) is 39.9. The van der Waals surface area contributed by atoms with Crippen molar-refractivity contribution in [3.63, 3.8) is 0 Å². The van der Waals surface area contributed by atoms with Crippen molar-refractivity contribution in [3.8, 4) is 0 Å². The summed E-state index contributed by atoms with van der Waals surface area (Å²) in [5.74, 6) is -0.547. The number of esters is 1. The van der Waals surface area contributed by atoms with Crippen molar-refractivity contribution < 1.29 is 37.3 Å². The van der Waals surface area contributed by atoms with Gasteiger partial charge in [0.25, 0.3) is 7.82 Å². The maximum atomic E-state index is 13.5. The van der Waals surface area contributed by atoms with Gasteiger partial charge in [-0.05, 0) is 51.0 Å². The number of quaternary nitrogens is 1. The highest BCUT2D eigenvalue weighted by molar-refractivity contribution is 7.45. The van der Waals surface area contributed by atoms with Crippen molar-refractivity contribution in [1.82, 2.24) is 5.32 Å². The predicted octanol–water partition coefficient (Wildman–Crippen LogP) is 16.7. The molecule has 0 aromatic heterocycles. The van der Waals surface area contributed by atoms with Crippen LogP contribution in [0.25, 0.3) is 0 Å². The smallest absolute Gasteiger partial charge is 0.306 e. The molecular weight excluding hydrogens is 880 g/mol. The molecule has 69 heavy (non-hydrogen) atoms. The van der Waals surface area contributed by atoms with Crippen molar-refractivity contribution in [3.05, 3.63) is 48.6 Å². The van der Waals surface area contributed by atoms with Gasteiger partial charge in [-0.1, -0.05) is 250 Å². The second-order valence-electron chi connectivity index (χ2n) is 20.8. The van der Waals surface area contributed by atoms with Crippen molar-refractivity contribution in [1.29, 1.82) is 0 Å². The number of ether oxygens (including phenoxy) is 1. The SMILES string of the molecule is CC/C=C/C=C/C=C/CCCCCCCCCC(=O)OC(/C=C/CCCCCCCCCCCCC)C(COP(=O)([O-])OCC[N+](C)(C)C)NC(=O)CCCCCCCCCCCCCCCCC. The van der Waals surface area contributed by atoms with Gasteiger partial charge in [-0.15, -0.1) is 0 Å². The number of amides is 1. The van der Waals surface area contributed by atoms with Gasteiger partial charge in [-0.2, -0.15) is 0 Å². The molecule has 0 aromatic carbocycles. The van der Waals surface area contributed by atoms with Gasteiger partial charge in [-0.3, -0.25) is 14.2 Å². The van der Waals surface area contributed by atoms with Gasteiger partial charge in [0.2, 0.25) is 5.91 Å². The Bertz CT molecular complexity index is 1330. The van der Waals surface area contributed by atoms with Gasteiger partial charge < -0.3 is 28.5 Å². The first-order valence-corrected chi connectivity index (χ1v) is 30.4. The third-order valence-electron chi connectivity index (χ3n) is 12.8. The minimum atomic E-state index is -4.69. The molecule has 0 bridgehead atoms. The molecule has 0 aliphatic carbocycles. The molecule has 0 heterocycles. The fraction of sp³-hybridized carbons (Fsp3) is 0.831. The number of likely N-dealkylation sites (N-methyl/N-ethyl adjacent to an activating group) is 1. The molecule has 0 saturated heterocycles. The molecule has 3 atom stereocenters. The molecule has 0 radical (unpaired) electrons. The average Bonchev–Trinajstić information content (AvgIpc) is 3.31. The lowest BCUT2D eigenvalue weighted by molar-refractivity contribution is -0.870. The summed E-state index contributed by atoms with van der Waals surface area (Å²) in [6.07, 6.45) is 59.2. The number of allylic oxidation sites excluding steroid dienone is 7. The van der Waals surface area contributed by atoms with Crippen LogP contribution in [0.2, 0.25) is 0 Å². The largest absolute Gasteiger partial charge is 0.756 e. The number of phosphoric acid groups is 1. The van der Waals surface area contributed by atoms with E-state index in [-0.39, 0.29) is 31.5 Å². The van der Waals surface area contributed by atoms with Crippen molar-refractivity contribution in [2.75, 3.05) is 40.9 Å². The monoisotopic (exact) mass is 991 g/mol. The van der Waals surface area contributed by atoms with E-state index in [0.29, 0.717) is 17.4 Å². The molecule has 0 fully saturated rings. The molecule has 404 valence electrons. The Balaban J connectivity index is 5.36.